The lowest BCUT2D eigenvalue weighted by molar-refractivity contribution is -0.116. The van der Waals surface area contributed by atoms with Crippen molar-refractivity contribution in [3.05, 3.63) is 40.9 Å². The Labute approximate surface area is 113 Å². The number of rotatable bonds is 1. The van der Waals surface area contributed by atoms with Crippen molar-refractivity contribution in [2.24, 2.45) is 0 Å². The molecule has 0 radical (unpaired) electrons. The van der Waals surface area contributed by atoms with Crippen LogP contribution in [0.25, 0.3) is 0 Å². The van der Waals surface area contributed by atoms with Gasteiger partial charge in [0.25, 0.3) is 5.91 Å². The smallest absolute Gasteiger partial charge is 0.276 e. The van der Waals surface area contributed by atoms with Crippen LogP contribution in [0.15, 0.2) is 29.6 Å². The minimum atomic E-state index is -0.277. The van der Waals surface area contributed by atoms with Crippen molar-refractivity contribution in [3.8, 4) is 0 Å². The van der Waals surface area contributed by atoms with Crippen LogP contribution in [0.5, 0.6) is 0 Å². The maximum atomic E-state index is 12.2. The lowest BCUT2D eigenvalue weighted by Crippen LogP contribution is -2.35. The number of anilines is 1. The molecule has 1 N–H and O–H groups in total. The Morgan fingerprint density at radius 3 is 2.95 bits per heavy atom. The number of amides is 2. The van der Waals surface area contributed by atoms with Crippen molar-refractivity contribution >= 4 is 29.0 Å². The van der Waals surface area contributed by atoms with E-state index in [0.29, 0.717) is 6.54 Å². The molecule has 3 rings (SSSR count). The molecule has 6 nitrogen and oxygen atoms in total. The molecule has 2 heterocycles. The van der Waals surface area contributed by atoms with Gasteiger partial charge in [-0.15, -0.1) is 5.10 Å². The second-order valence-corrected chi connectivity index (χ2v) is 4.77. The summed E-state index contributed by atoms with van der Waals surface area (Å²) in [6, 6.07) is 7.44. The summed E-state index contributed by atoms with van der Waals surface area (Å²) < 4.78 is 3.67. The highest BCUT2D eigenvalue weighted by Gasteiger charge is 2.25. The van der Waals surface area contributed by atoms with Crippen LogP contribution in [-0.2, 0) is 11.3 Å². The van der Waals surface area contributed by atoms with Gasteiger partial charge in [-0.1, -0.05) is 22.7 Å². The van der Waals surface area contributed by atoms with E-state index in [1.165, 1.54) is 4.90 Å². The topological polar surface area (TPSA) is 75.2 Å². The minimum Gasteiger partial charge on any atom is -0.324 e. The van der Waals surface area contributed by atoms with Gasteiger partial charge in [-0.2, -0.15) is 0 Å². The Morgan fingerprint density at radius 2 is 2.16 bits per heavy atom. The lowest BCUT2D eigenvalue weighted by atomic mass is 10.1. The van der Waals surface area contributed by atoms with E-state index in [-0.39, 0.29) is 24.1 Å². The van der Waals surface area contributed by atoms with Crippen LogP contribution in [-0.4, -0.2) is 32.8 Å². The number of aromatic nitrogens is 2. The average molecular weight is 274 g/mol. The molecule has 0 atom stereocenters. The summed E-state index contributed by atoms with van der Waals surface area (Å²) in [5, 5.41) is 8.12. The van der Waals surface area contributed by atoms with Crippen molar-refractivity contribution in [2.45, 2.75) is 6.54 Å². The predicted octanol–water partition coefficient (Wildman–Crippen LogP) is 1.13. The Balaban J connectivity index is 1.92. The zero-order chi connectivity index (χ0) is 13.2. The zero-order valence-electron chi connectivity index (χ0n) is 9.87. The Hall–Kier alpha value is -2.28. The summed E-state index contributed by atoms with van der Waals surface area (Å²) in [6.45, 7) is 0.399. The van der Waals surface area contributed by atoms with Crippen molar-refractivity contribution in [1.29, 1.82) is 0 Å². The molecule has 1 aromatic heterocycles. The first-order valence-corrected chi connectivity index (χ1v) is 6.52. The first-order chi connectivity index (χ1) is 9.24. The van der Waals surface area contributed by atoms with E-state index < -0.39 is 0 Å². The van der Waals surface area contributed by atoms with E-state index in [0.717, 1.165) is 22.8 Å². The maximum Gasteiger partial charge on any atom is 0.276 e. The number of fused-ring (bicyclic) bond motifs is 1. The van der Waals surface area contributed by atoms with E-state index in [9.17, 15) is 9.59 Å². The third-order valence-electron chi connectivity index (χ3n) is 2.85. The molecular formula is C12H10N4O2S. The molecule has 0 bridgehead atoms. The maximum absolute atomic E-state index is 12.2. The second kappa shape index (κ2) is 4.77. The van der Waals surface area contributed by atoms with Crippen LogP contribution in [0, 0.1) is 0 Å². The van der Waals surface area contributed by atoms with Crippen molar-refractivity contribution in [1.82, 2.24) is 14.5 Å². The fraction of sp³-hybridized carbons (Fsp3) is 0.167. The van der Waals surface area contributed by atoms with Crippen LogP contribution in [0.1, 0.15) is 16.1 Å². The van der Waals surface area contributed by atoms with Gasteiger partial charge in [0.1, 0.15) is 6.54 Å². The van der Waals surface area contributed by atoms with E-state index in [4.69, 9.17) is 0 Å². The molecule has 2 aromatic rings. The minimum absolute atomic E-state index is 0.0189. The number of benzene rings is 1. The number of carbonyl (C=O) groups is 2. The zero-order valence-corrected chi connectivity index (χ0v) is 10.7. The number of nitrogens with zero attached hydrogens (tertiary/aromatic N) is 3. The van der Waals surface area contributed by atoms with Crippen LogP contribution in [0.2, 0.25) is 0 Å². The van der Waals surface area contributed by atoms with Crippen molar-refractivity contribution in [3.63, 3.8) is 0 Å². The van der Waals surface area contributed by atoms with Gasteiger partial charge in [0.2, 0.25) is 5.91 Å². The third-order valence-corrected chi connectivity index (χ3v) is 3.36. The highest BCUT2D eigenvalue weighted by atomic mass is 32.1. The third kappa shape index (κ3) is 2.32. The molecule has 1 aliphatic rings. The molecule has 96 valence electrons. The number of carbonyl (C=O) groups excluding carboxylic acids is 2. The van der Waals surface area contributed by atoms with E-state index >= 15 is 0 Å². The lowest BCUT2D eigenvalue weighted by Gasteiger charge is -2.17. The summed E-state index contributed by atoms with van der Waals surface area (Å²) in [7, 11) is 0. The molecule has 19 heavy (non-hydrogen) atoms. The SMILES string of the molecule is O=C1CN(C(=O)c2csnn2)Cc2ccccc2N1. The molecular weight excluding hydrogens is 264 g/mol. The summed E-state index contributed by atoms with van der Waals surface area (Å²) in [5.41, 5.74) is 1.93. The van der Waals surface area contributed by atoms with Gasteiger partial charge in [0.15, 0.2) is 5.69 Å². The Bertz CT molecular complexity index is 626. The standard InChI is InChI=1S/C12H10N4O2S/c17-11-6-16(12(18)10-7-19-15-14-10)5-8-3-1-2-4-9(8)13-11/h1-4,7H,5-6H2,(H,13,17). The number of hydrogen-bond acceptors (Lipinski definition) is 5. The van der Waals surface area contributed by atoms with Gasteiger partial charge in [-0.25, -0.2) is 0 Å². The molecule has 7 heteroatoms. The van der Waals surface area contributed by atoms with E-state index in [1.54, 1.807) is 5.38 Å². The Kier molecular flexibility index (Phi) is 2.96. The molecule has 0 unspecified atom stereocenters. The van der Waals surface area contributed by atoms with Gasteiger partial charge >= 0.3 is 0 Å². The van der Waals surface area contributed by atoms with Crippen LogP contribution >= 0.6 is 11.5 Å². The first-order valence-electron chi connectivity index (χ1n) is 5.68. The summed E-state index contributed by atoms with van der Waals surface area (Å²) >= 11 is 1.11. The normalized spacial score (nSPS) is 14.5. The molecule has 0 saturated carbocycles. The summed E-state index contributed by atoms with van der Waals surface area (Å²) in [4.78, 5) is 25.5. The van der Waals surface area contributed by atoms with Gasteiger partial charge < -0.3 is 10.2 Å². The summed E-state index contributed by atoms with van der Waals surface area (Å²) in [5.74, 6) is -0.484. The summed E-state index contributed by atoms with van der Waals surface area (Å²) in [6.07, 6.45) is 0. The fourth-order valence-corrected chi connectivity index (χ4v) is 2.40. The van der Waals surface area contributed by atoms with Gasteiger partial charge in [0.05, 0.1) is 0 Å². The number of nitrogens with one attached hydrogen (secondary N) is 1. The van der Waals surface area contributed by atoms with Crippen LogP contribution in [0.3, 0.4) is 0 Å². The molecule has 1 aliphatic heterocycles. The predicted molar refractivity (Wildman–Crippen MR) is 69.7 cm³/mol. The van der Waals surface area contributed by atoms with Gasteiger partial charge in [-0.05, 0) is 23.2 Å². The van der Waals surface area contributed by atoms with Gasteiger partial charge in [0, 0.05) is 17.6 Å². The van der Waals surface area contributed by atoms with Crippen LogP contribution < -0.4 is 5.32 Å². The molecule has 2 amide bonds. The van der Waals surface area contributed by atoms with Gasteiger partial charge in [-0.3, -0.25) is 9.59 Å². The fourth-order valence-electron chi connectivity index (χ4n) is 1.97. The van der Waals surface area contributed by atoms with Crippen LogP contribution in [0.4, 0.5) is 5.69 Å². The number of hydrogen-bond donors (Lipinski definition) is 1. The quantitative estimate of drug-likeness (QED) is 0.846. The molecule has 1 aromatic carbocycles. The van der Waals surface area contributed by atoms with Crippen molar-refractivity contribution < 1.29 is 9.59 Å². The highest BCUT2D eigenvalue weighted by molar-refractivity contribution is 7.03. The molecule has 0 fully saturated rings. The second-order valence-electron chi connectivity index (χ2n) is 4.16. The molecule has 0 spiro atoms. The Morgan fingerprint density at radius 1 is 1.32 bits per heavy atom. The monoisotopic (exact) mass is 274 g/mol. The molecule has 0 aliphatic carbocycles. The van der Waals surface area contributed by atoms with E-state index in [2.05, 4.69) is 14.9 Å². The first kappa shape index (κ1) is 11.8. The van der Waals surface area contributed by atoms with E-state index in [1.807, 2.05) is 24.3 Å². The average Bonchev–Trinajstić information content (AvgIpc) is 2.87. The van der Waals surface area contributed by atoms with Crippen molar-refractivity contribution in [2.75, 3.05) is 11.9 Å². The highest BCUT2D eigenvalue weighted by Crippen LogP contribution is 2.21. The largest absolute Gasteiger partial charge is 0.324 e. The number of para-hydroxylation sites is 1. The molecule has 0 saturated heterocycles.